The van der Waals surface area contributed by atoms with Gasteiger partial charge in [-0.2, -0.15) is 8.42 Å². The van der Waals surface area contributed by atoms with Gasteiger partial charge in [-0.3, -0.25) is 9.52 Å². The van der Waals surface area contributed by atoms with Crippen LogP contribution in [0.5, 0.6) is 0 Å². The van der Waals surface area contributed by atoms with Gasteiger partial charge in [0.1, 0.15) is 11.2 Å². The van der Waals surface area contributed by atoms with Crippen LogP contribution in [0.15, 0.2) is 44.5 Å². The Balaban J connectivity index is 1.77. The molecule has 2 heterocycles. The molecule has 0 radical (unpaired) electrons. The average molecular weight is 427 g/mol. The van der Waals surface area contributed by atoms with Crippen molar-refractivity contribution in [3.05, 3.63) is 46.5 Å². The molecule has 0 fully saturated rings. The number of hydrogen-bond acceptors (Lipinski definition) is 6. The van der Waals surface area contributed by atoms with Gasteiger partial charge in [0.2, 0.25) is 0 Å². The van der Waals surface area contributed by atoms with Crippen LogP contribution in [0.4, 0.5) is 11.4 Å². The second-order valence-electron chi connectivity index (χ2n) is 5.75. The normalized spacial score (nSPS) is 16.9. The zero-order chi connectivity index (χ0) is 19.4. The molecule has 27 heavy (non-hydrogen) atoms. The molecule has 0 aromatic heterocycles. The van der Waals surface area contributed by atoms with Crippen molar-refractivity contribution in [1.82, 2.24) is 5.32 Å². The maximum absolute atomic E-state index is 12.8. The second kappa shape index (κ2) is 5.94. The molecule has 2 aliphatic heterocycles. The first-order chi connectivity index (χ1) is 12.7. The van der Waals surface area contributed by atoms with E-state index in [1.807, 2.05) is 0 Å². The Bertz CT molecular complexity index is 1240. The van der Waals surface area contributed by atoms with Crippen molar-refractivity contribution >= 4 is 55.3 Å². The number of carbonyl (C=O) groups excluding carboxylic acids is 1. The average Bonchev–Trinajstić information content (AvgIpc) is 3.00. The maximum Gasteiger partial charge on any atom is 0.285 e. The van der Waals surface area contributed by atoms with E-state index in [0.29, 0.717) is 10.6 Å². The summed E-state index contributed by atoms with van der Waals surface area (Å²) in [6.45, 7) is 0.198. The number of rotatable bonds is 3. The predicted octanol–water partition coefficient (Wildman–Crippen LogP) is 1.53. The van der Waals surface area contributed by atoms with Crippen LogP contribution in [0.2, 0.25) is 5.02 Å². The summed E-state index contributed by atoms with van der Waals surface area (Å²) < 4.78 is 55.2. The predicted molar refractivity (Wildman–Crippen MR) is 99.2 cm³/mol. The molecule has 2 aromatic carbocycles. The first kappa shape index (κ1) is 17.8. The fourth-order valence-electron chi connectivity index (χ4n) is 2.82. The Kier molecular flexibility index (Phi) is 3.91. The van der Waals surface area contributed by atoms with Crippen molar-refractivity contribution in [2.45, 2.75) is 16.3 Å². The van der Waals surface area contributed by atoms with Crippen LogP contribution in [0.3, 0.4) is 0 Å². The molecule has 0 unspecified atom stereocenters. The molecule has 9 nitrogen and oxygen atoms in total. The Morgan fingerprint density at radius 2 is 1.96 bits per heavy atom. The number of carbonyl (C=O) groups is 1. The van der Waals surface area contributed by atoms with Gasteiger partial charge >= 0.3 is 0 Å². The lowest BCUT2D eigenvalue weighted by Gasteiger charge is -2.15. The molecule has 0 bridgehead atoms. The third-order valence-corrected chi connectivity index (χ3v) is 7.10. The van der Waals surface area contributed by atoms with E-state index in [9.17, 15) is 21.6 Å². The van der Waals surface area contributed by atoms with E-state index in [-0.39, 0.29) is 33.3 Å². The van der Waals surface area contributed by atoms with Gasteiger partial charge in [-0.1, -0.05) is 11.6 Å². The lowest BCUT2D eigenvalue weighted by molar-refractivity contribution is 0.0966. The topological polar surface area (TPSA) is 134 Å². The van der Waals surface area contributed by atoms with Gasteiger partial charge < -0.3 is 10.6 Å². The molecule has 0 atom stereocenters. The molecule has 2 aromatic rings. The second-order valence-corrected chi connectivity index (χ2v) is 9.44. The van der Waals surface area contributed by atoms with Crippen molar-refractivity contribution in [1.29, 1.82) is 0 Å². The van der Waals surface area contributed by atoms with Crippen molar-refractivity contribution in [2.75, 3.05) is 10.0 Å². The van der Waals surface area contributed by atoms with E-state index in [2.05, 4.69) is 19.8 Å². The standard InChI is InChI=1S/C15H11ClN4O5S2/c16-10-2-4-12(14-9(10)6-17-15(14)21)20-26(22,23)8-1-3-11-13(5-8)27(24,25)19-7-18-11/h1-5,7,20H,6H2,(H,17,21)(H,18,19). The molecule has 0 saturated carbocycles. The number of anilines is 2. The SMILES string of the molecule is O=C1NCc2c(Cl)ccc(NS(=O)(=O)c3ccc4c(c3)S(=O)(=O)N=CN4)c21. The van der Waals surface area contributed by atoms with Gasteiger partial charge in [0.15, 0.2) is 0 Å². The Hall–Kier alpha value is -2.63. The van der Waals surface area contributed by atoms with E-state index >= 15 is 0 Å². The Morgan fingerprint density at radius 3 is 2.74 bits per heavy atom. The molecule has 1 amide bonds. The third-order valence-electron chi connectivity index (χ3n) is 4.11. The first-order valence-electron chi connectivity index (χ1n) is 7.51. The largest absolute Gasteiger partial charge is 0.348 e. The Morgan fingerprint density at radius 1 is 1.19 bits per heavy atom. The van der Waals surface area contributed by atoms with Crippen molar-refractivity contribution in [3.63, 3.8) is 0 Å². The van der Waals surface area contributed by atoms with Crippen LogP contribution in [0, 0.1) is 0 Å². The summed E-state index contributed by atoms with van der Waals surface area (Å²) >= 11 is 6.05. The maximum atomic E-state index is 12.8. The van der Waals surface area contributed by atoms with Gasteiger partial charge in [-0.15, -0.1) is 4.40 Å². The minimum Gasteiger partial charge on any atom is -0.348 e. The number of nitrogens with one attached hydrogen (secondary N) is 3. The van der Waals surface area contributed by atoms with Gasteiger partial charge in [0, 0.05) is 17.1 Å². The van der Waals surface area contributed by atoms with Gasteiger partial charge in [0.25, 0.3) is 26.0 Å². The summed E-state index contributed by atoms with van der Waals surface area (Å²) in [5.74, 6) is -0.447. The smallest absolute Gasteiger partial charge is 0.285 e. The molecule has 0 spiro atoms. The van der Waals surface area contributed by atoms with Crippen molar-refractivity contribution in [2.24, 2.45) is 4.40 Å². The van der Waals surface area contributed by atoms with Crippen molar-refractivity contribution in [3.8, 4) is 0 Å². The number of benzene rings is 2. The van der Waals surface area contributed by atoms with Gasteiger partial charge in [0.05, 0.1) is 21.8 Å². The summed E-state index contributed by atoms with van der Waals surface area (Å²) in [7, 11) is -8.16. The van der Waals surface area contributed by atoms with Crippen LogP contribution >= 0.6 is 11.6 Å². The molecule has 2 aliphatic rings. The van der Waals surface area contributed by atoms with Crippen molar-refractivity contribution < 1.29 is 21.6 Å². The van der Waals surface area contributed by atoms with Crippen LogP contribution in [-0.2, 0) is 26.6 Å². The highest BCUT2D eigenvalue weighted by atomic mass is 35.5. The van der Waals surface area contributed by atoms with Gasteiger partial charge in [-0.05, 0) is 30.3 Å². The van der Waals surface area contributed by atoms with Crippen LogP contribution in [-0.4, -0.2) is 29.1 Å². The van der Waals surface area contributed by atoms with Crippen LogP contribution in [0.25, 0.3) is 0 Å². The van der Waals surface area contributed by atoms with E-state index in [0.717, 1.165) is 12.4 Å². The molecular weight excluding hydrogens is 416 g/mol. The molecule has 140 valence electrons. The summed E-state index contributed by atoms with van der Waals surface area (Å²) in [5, 5.41) is 5.56. The lowest BCUT2D eigenvalue weighted by atomic mass is 10.1. The zero-order valence-corrected chi connectivity index (χ0v) is 15.7. The van der Waals surface area contributed by atoms with Gasteiger partial charge in [-0.25, -0.2) is 8.42 Å². The fourth-order valence-corrected chi connectivity index (χ4v) is 5.21. The van der Waals surface area contributed by atoms with E-state index in [1.165, 1.54) is 24.3 Å². The number of hydrogen-bond donors (Lipinski definition) is 3. The molecule has 12 heteroatoms. The number of fused-ring (bicyclic) bond motifs is 2. The number of amides is 1. The van der Waals surface area contributed by atoms with Crippen LogP contribution < -0.4 is 15.4 Å². The van der Waals surface area contributed by atoms with E-state index < -0.39 is 26.0 Å². The summed E-state index contributed by atoms with van der Waals surface area (Å²) in [5.41, 5.74) is 0.910. The minimum absolute atomic E-state index is 0.0566. The third kappa shape index (κ3) is 2.93. The minimum atomic E-state index is -4.17. The highest BCUT2D eigenvalue weighted by Gasteiger charge is 2.29. The monoisotopic (exact) mass is 426 g/mol. The molecule has 4 rings (SSSR count). The Labute approximate surface area is 159 Å². The molecule has 3 N–H and O–H groups in total. The quantitative estimate of drug-likeness (QED) is 0.681. The van der Waals surface area contributed by atoms with Crippen LogP contribution in [0.1, 0.15) is 15.9 Å². The first-order valence-corrected chi connectivity index (χ1v) is 10.8. The number of halogens is 1. The summed E-state index contributed by atoms with van der Waals surface area (Å²) in [4.78, 5) is 11.5. The molecule has 0 aliphatic carbocycles. The lowest BCUT2D eigenvalue weighted by Crippen LogP contribution is -2.19. The highest BCUT2D eigenvalue weighted by Crippen LogP contribution is 2.33. The number of sulfonamides is 2. The summed E-state index contributed by atoms with van der Waals surface area (Å²) in [6.07, 6.45) is 1.01. The fraction of sp³-hybridized carbons (Fsp3) is 0.0667. The zero-order valence-electron chi connectivity index (χ0n) is 13.4. The number of nitrogens with zero attached hydrogens (tertiary/aromatic N) is 1. The van der Waals surface area contributed by atoms with E-state index in [1.54, 1.807) is 0 Å². The molecule has 0 saturated heterocycles. The summed E-state index contributed by atoms with van der Waals surface area (Å²) in [6, 6.07) is 6.44. The highest BCUT2D eigenvalue weighted by molar-refractivity contribution is 7.93. The van der Waals surface area contributed by atoms with E-state index in [4.69, 9.17) is 11.6 Å². The molecular formula is C15H11ClN4O5S2.